The first kappa shape index (κ1) is 8.88. The maximum Gasteiger partial charge on any atom is 0.119 e. The lowest BCUT2D eigenvalue weighted by Crippen LogP contribution is -1.90. The second-order valence-electron chi connectivity index (χ2n) is 3.38. The summed E-state index contributed by atoms with van der Waals surface area (Å²) in [6, 6.07) is 9.92. The minimum atomic E-state index is 0.796. The minimum absolute atomic E-state index is 0.796. The molecule has 0 radical (unpaired) electrons. The number of methoxy groups -OCH3 is 1. The molecule has 2 nitrogen and oxygen atoms in total. The zero-order valence-corrected chi connectivity index (χ0v) is 8.37. The molecule has 0 unspecified atom stereocenters. The number of rotatable bonds is 1. The minimum Gasteiger partial charge on any atom is -0.497 e. The topological polar surface area (TPSA) is 35.2 Å². The summed E-state index contributed by atoms with van der Waals surface area (Å²) in [6.07, 6.45) is 0. The third-order valence-corrected chi connectivity index (χ3v) is 2.48. The summed E-state index contributed by atoms with van der Waals surface area (Å²) in [6.45, 7) is 2.08. The number of hydrogen-bond donors (Lipinski definition) is 1. The van der Waals surface area contributed by atoms with Crippen molar-refractivity contribution < 1.29 is 4.74 Å². The van der Waals surface area contributed by atoms with Crippen molar-refractivity contribution in [1.82, 2.24) is 0 Å². The molecule has 0 spiro atoms. The predicted molar refractivity (Wildman–Crippen MR) is 59.6 cm³/mol. The van der Waals surface area contributed by atoms with Crippen LogP contribution in [-0.2, 0) is 0 Å². The van der Waals surface area contributed by atoms with Crippen LogP contribution in [0.15, 0.2) is 30.3 Å². The van der Waals surface area contributed by atoms with E-state index in [1.54, 1.807) is 7.11 Å². The van der Waals surface area contributed by atoms with Crippen LogP contribution in [0.4, 0.5) is 5.69 Å². The largest absolute Gasteiger partial charge is 0.497 e. The van der Waals surface area contributed by atoms with Gasteiger partial charge in [0.15, 0.2) is 0 Å². The van der Waals surface area contributed by atoms with Crippen LogP contribution in [0.5, 0.6) is 5.75 Å². The molecule has 0 aliphatic heterocycles. The SMILES string of the molecule is COc1ccc2c(C)ccc(N)c2c1. The van der Waals surface area contributed by atoms with Crippen LogP contribution in [-0.4, -0.2) is 7.11 Å². The predicted octanol–water partition coefficient (Wildman–Crippen LogP) is 2.74. The van der Waals surface area contributed by atoms with E-state index >= 15 is 0 Å². The Hall–Kier alpha value is -1.70. The van der Waals surface area contributed by atoms with E-state index in [0.29, 0.717) is 0 Å². The molecule has 2 aromatic rings. The second kappa shape index (κ2) is 3.22. The smallest absolute Gasteiger partial charge is 0.119 e. The van der Waals surface area contributed by atoms with Crippen molar-refractivity contribution in [3.63, 3.8) is 0 Å². The Morgan fingerprint density at radius 3 is 2.57 bits per heavy atom. The zero-order valence-electron chi connectivity index (χ0n) is 8.37. The molecule has 2 aromatic carbocycles. The van der Waals surface area contributed by atoms with Gasteiger partial charge in [-0.2, -0.15) is 0 Å². The molecular weight excluding hydrogens is 174 g/mol. The number of fused-ring (bicyclic) bond motifs is 1. The lowest BCUT2D eigenvalue weighted by Gasteiger charge is -2.07. The average molecular weight is 187 g/mol. The summed E-state index contributed by atoms with van der Waals surface area (Å²) in [5.74, 6) is 0.842. The number of ether oxygens (including phenoxy) is 1. The first-order valence-electron chi connectivity index (χ1n) is 4.55. The van der Waals surface area contributed by atoms with E-state index in [9.17, 15) is 0 Å². The van der Waals surface area contributed by atoms with E-state index in [4.69, 9.17) is 10.5 Å². The van der Waals surface area contributed by atoms with Crippen molar-refractivity contribution >= 4 is 16.5 Å². The van der Waals surface area contributed by atoms with Gasteiger partial charge in [0.2, 0.25) is 0 Å². The molecule has 0 aromatic heterocycles. The number of anilines is 1. The summed E-state index contributed by atoms with van der Waals surface area (Å²) in [5.41, 5.74) is 7.92. The molecule has 0 aliphatic rings. The van der Waals surface area contributed by atoms with Gasteiger partial charge in [0, 0.05) is 11.1 Å². The highest BCUT2D eigenvalue weighted by Gasteiger charge is 2.02. The van der Waals surface area contributed by atoms with E-state index in [2.05, 4.69) is 6.92 Å². The van der Waals surface area contributed by atoms with E-state index in [1.807, 2.05) is 30.3 Å². The molecule has 72 valence electrons. The highest BCUT2D eigenvalue weighted by Crippen LogP contribution is 2.27. The van der Waals surface area contributed by atoms with Gasteiger partial charge in [-0.05, 0) is 36.1 Å². The van der Waals surface area contributed by atoms with Gasteiger partial charge in [-0.25, -0.2) is 0 Å². The Morgan fingerprint density at radius 1 is 1.07 bits per heavy atom. The number of hydrogen-bond acceptors (Lipinski definition) is 2. The van der Waals surface area contributed by atoms with Crippen molar-refractivity contribution in [3.05, 3.63) is 35.9 Å². The number of nitrogen functional groups attached to an aromatic ring is 1. The van der Waals surface area contributed by atoms with Gasteiger partial charge in [0.1, 0.15) is 5.75 Å². The molecule has 0 bridgehead atoms. The van der Waals surface area contributed by atoms with Crippen LogP contribution in [0, 0.1) is 6.92 Å². The first-order valence-corrected chi connectivity index (χ1v) is 4.55. The number of nitrogens with two attached hydrogens (primary N) is 1. The van der Waals surface area contributed by atoms with Gasteiger partial charge in [-0.15, -0.1) is 0 Å². The van der Waals surface area contributed by atoms with Gasteiger partial charge < -0.3 is 10.5 Å². The summed E-state index contributed by atoms with van der Waals surface area (Å²) >= 11 is 0. The van der Waals surface area contributed by atoms with Gasteiger partial charge >= 0.3 is 0 Å². The van der Waals surface area contributed by atoms with Crippen LogP contribution in [0.3, 0.4) is 0 Å². The average Bonchev–Trinajstić information content (AvgIpc) is 2.23. The fraction of sp³-hybridized carbons (Fsp3) is 0.167. The molecule has 2 N–H and O–H groups in total. The Balaban J connectivity index is 2.80. The number of benzene rings is 2. The fourth-order valence-electron chi connectivity index (χ4n) is 1.63. The number of aryl methyl sites for hydroxylation is 1. The van der Waals surface area contributed by atoms with Crippen molar-refractivity contribution in [2.24, 2.45) is 0 Å². The normalized spacial score (nSPS) is 10.4. The molecule has 2 heteroatoms. The second-order valence-corrected chi connectivity index (χ2v) is 3.38. The van der Waals surface area contributed by atoms with Crippen LogP contribution < -0.4 is 10.5 Å². The van der Waals surface area contributed by atoms with E-state index in [-0.39, 0.29) is 0 Å². The molecule has 14 heavy (non-hydrogen) atoms. The van der Waals surface area contributed by atoms with E-state index in [1.165, 1.54) is 10.9 Å². The molecule has 0 amide bonds. The maximum atomic E-state index is 5.89. The fourth-order valence-corrected chi connectivity index (χ4v) is 1.63. The molecule has 0 fully saturated rings. The Morgan fingerprint density at radius 2 is 1.86 bits per heavy atom. The maximum absolute atomic E-state index is 5.89. The summed E-state index contributed by atoms with van der Waals surface area (Å²) < 4.78 is 5.16. The standard InChI is InChI=1S/C12H13NO/c1-8-3-6-12(13)11-7-9(14-2)4-5-10(8)11/h3-7H,13H2,1-2H3. The Bertz CT molecular complexity index is 477. The van der Waals surface area contributed by atoms with Crippen molar-refractivity contribution in [1.29, 1.82) is 0 Å². The molecule has 2 rings (SSSR count). The van der Waals surface area contributed by atoms with Gasteiger partial charge in [-0.1, -0.05) is 12.1 Å². The van der Waals surface area contributed by atoms with Crippen molar-refractivity contribution in [3.8, 4) is 5.75 Å². The monoisotopic (exact) mass is 187 g/mol. The quantitative estimate of drug-likeness (QED) is 0.697. The summed E-state index contributed by atoms with van der Waals surface area (Å²) in [4.78, 5) is 0. The molecule has 0 heterocycles. The Labute approximate surface area is 83.3 Å². The molecule has 0 aliphatic carbocycles. The highest BCUT2D eigenvalue weighted by molar-refractivity contribution is 5.95. The van der Waals surface area contributed by atoms with Crippen LogP contribution in [0.2, 0.25) is 0 Å². The molecule has 0 saturated carbocycles. The van der Waals surface area contributed by atoms with Crippen LogP contribution in [0.25, 0.3) is 10.8 Å². The van der Waals surface area contributed by atoms with E-state index < -0.39 is 0 Å². The van der Waals surface area contributed by atoms with Crippen molar-refractivity contribution in [2.75, 3.05) is 12.8 Å². The third kappa shape index (κ3) is 1.29. The molecule has 0 saturated heterocycles. The van der Waals surface area contributed by atoms with Gasteiger partial charge in [0.05, 0.1) is 7.11 Å². The van der Waals surface area contributed by atoms with Gasteiger partial charge in [-0.3, -0.25) is 0 Å². The van der Waals surface area contributed by atoms with Crippen LogP contribution in [0.1, 0.15) is 5.56 Å². The summed E-state index contributed by atoms with van der Waals surface area (Å²) in [5, 5.41) is 2.25. The zero-order chi connectivity index (χ0) is 10.1. The summed E-state index contributed by atoms with van der Waals surface area (Å²) in [7, 11) is 1.66. The van der Waals surface area contributed by atoms with Crippen LogP contribution >= 0.6 is 0 Å². The molecular formula is C12H13NO. The lowest BCUT2D eigenvalue weighted by atomic mass is 10.0. The highest BCUT2D eigenvalue weighted by atomic mass is 16.5. The van der Waals surface area contributed by atoms with E-state index in [0.717, 1.165) is 16.8 Å². The third-order valence-electron chi connectivity index (χ3n) is 2.48. The molecule has 0 atom stereocenters. The first-order chi connectivity index (χ1) is 6.72. The van der Waals surface area contributed by atoms with Gasteiger partial charge in [0.25, 0.3) is 0 Å². The van der Waals surface area contributed by atoms with Crippen molar-refractivity contribution in [2.45, 2.75) is 6.92 Å². The lowest BCUT2D eigenvalue weighted by molar-refractivity contribution is 0.415. The Kier molecular flexibility index (Phi) is 2.04.